The van der Waals surface area contributed by atoms with E-state index in [-0.39, 0.29) is 23.8 Å². The van der Waals surface area contributed by atoms with Crippen LogP contribution in [0.1, 0.15) is 35.3 Å². The van der Waals surface area contributed by atoms with E-state index in [0.29, 0.717) is 10.8 Å². The van der Waals surface area contributed by atoms with Gasteiger partial charge in [-0.2, -0.15) is 4.52 Å². The zero-order valence-corrected chi connectivity index (χ0v) is 15.5. The van der Waals surface area contributed by atoms with E-state index in [1.165, 1.54) is 27.9 Å². The molecule has 9 heteroatoms. The molecule has 3 aromatic rings. The standard InChI is InChI=1S/C17H20N4O4S/c1-10-18-17-21(19-10)15(22)14(26-17)13(12-4-3-9-25-12)20-7-5-11(6-8-20)16(23)24-2/h3-4,9,11,13,22H,5-8H2,1-2H3/p+1/t13-/m1/s1. The molecule has 0 aliphatic carbocycles. The fraction of sp³-hybridized carbons (Fsp3) is 0.471. The summed E-state index contributed by atoms with van der Waals surface area (Å²) in [5, 5.41) is 15.0. The molecule has 1 atom stereocenters. The lowest BCUT2D eigenvalue weighted by Gasteiger charge is -2.32. The molecule has 2 N–H and O–H groups in total. The number of likely N-dealkylation sites (tertiary alicyclic amines) is 1. The first-order valence-corrected chi connectivity index (χ1v) is 9.41. The van der Waals surface area contributed by atoms with Crippen LogP contribution in [0.15, 0.2) is 22.8 Å². The number of carbonyl (C=O) groups is 1. The first-order valence-electron chi connectivity index (χ1n) is 8.59. The minimum absolute atomic E-state index is 0.0560. The predicted molar refractivity (Wildman–Crippen MR) is 93.3 cm³/mol. The molecule has 0 aromatic carbocycles. The molecule has 1 fully saturated rings. The molecule has 0 radical (unpaired) electrons. The second-order valence-electron chi connectivity index (χ2n) is 6.55. The zero-order valence-electron chi connectivity index (χ0n) is 14.6. The minimum atomic E-state index is -0.155. The highest BCUT2D eigenvalue weighted by atomic mass is 32.1. The number of methoxy groups -OCH3 is 1. The Labute approximate surface area is 154 Å². The normalized spacial score (nSPS) is 21.8. The van der Waals surface area contributed by atoms with Gasteiger partial charge in [0.15, 0.2) is 11.8 Å². The summed E-state index contributed by atoms with van der Waals surface area (Å²) >= 11 is 1.42. The minimum Gasteiger partial charge on any atom is -0.492 e. The lowest BCUT2D eigenvalue weighted by molar-refractivity contribution is -0.931. The van der Waals surface area contributed by atoms with Gasteiger partial charge in [-0.15, -0.1) is 5.10 Å². The van der Waals surface area contributed by atoms with Crippen molar-refractivity contribution in [2.45, 2.75) is 25.8 Å². The van der Waals surface area contributed by atoms with Crippen molar-refractivity contribution < 1.29 is 24.0 Å². The van der Waals surface area contributed by atoms with Gasteiger partial charge in [-0.3, -0.25) is 4.79 Å². The van der Waals surface area contributed by atoms with Crippen LogP contribution in [0.3, 0.4) is 0 Å². The number of thiazole rings is 1. The maximum absolute atomic E-state index is 11.8. The van der Waals surface area contributed by atoms with Crippen LogP contribution in [0, 0.1) is 12.8 Å². The number of hydrogen-bond donors (Lipinski definition) is 2. The molecule has 138 valence electrons. The summed E-state index contributed by atoms with van der Waals surface area (Å²) in [6.45, 7) is 3.38. The van der Waals surface area contributed by atoms with Gasteiger partial charge < -0.3 is 19.2 Å². The monoisotopic (exact) mass is 377 g/mol. The van der Waals surface area contributed by atoms with Crippen LogP contribution in [0.25, 0.3) is 4.96 Å². The second-order valence-corrected chi connectivity index (χ2v) is 7.56. The van der Waals surface area contributed by atoms with E-state index in [1.54, 1.807) is 13.2 Å². The number of nitrogens with zero attached hydrogens (tertiary/aromatic N) is 3. The van der Waals surface area contributed by atoms with Crippen molar-refractivity contribution in [3.05, 3.63) is 34.9 Å². The van der Waals surface area contributed by atoms with Crippen molar-refractivity contribution in [1.82, 2.24) is 14.6 Å². The Morgan fingerprint density at radius 2 is 2.27 bits per heavy atom. The molecule has 1 aliphatic rings. The Bertz CT molecular complexity index is 909. The highest BCUT2D eigenvalue weighted by Gasteiger charge is 2.38. The van der Waals surface area contributed by atoms with Crippen LogP contribution in [0.2, 0.25) is 0 Å². The third kappa shape index (κ3) is 2.86. The average Bonchev–Trinajstić information content (AvgIpc) is 3.35. The van der Waals surface area contributed by atoms with Gasteiger partial charge >= 0.3 is 5.97 Å². The number of fused-ring (bicyclic) bond motifs is 1. The Balaban J connectivity index is 1.66. The van der Waals surface area contributed by atoms with Gasteiger partial charge in [-0.05, 0) is 19.1 Å². The maximum atomic E-state index is 11.8. The molecular formula is C17H21N4O4S+. The van der Waals surface area contributed by atoms with Crippen molar-refractivity contribution in [3.63, 3.8) is 0 Å². The number of ether oxygens (including phenoxy) is 1. The Morgan fingerprint density at radius 1 is 1.50 bits per heavy atom. The first-order chi connectivity index (χ1) is 12.6. The van der Waals surface area contributed by atoms with Crippen LogP contribution >= 0.6 is 11.3 Å². The number of nitrogens with one attached hydrogen (secondary N) is 1. The van der Waals surface area contributed by atoms with Crippen LogP contribution in [0.4, 0.5) is 0 Å². The quantitative estimate of drug-likeness (QED) is 0.658. The Hall–Kier alpha value is -2.39. The summed E-state index contributed by atoms with van der Waals surface area (Å²) in [4.78, 5) is 18.9. The molecule has 8 nitrogen and oxygen atoms in total. The van der Waals surface area contributed by atoms with E-state index in [4.69, 9.17) is 9.15 Å². The SMILES string of the molecule is COC(=O)C1CC[NH+]([C@H](c2ccco2)c2sc3nc(C)nn3c2O)CC1. The molecule has 1 aliphatic heterocycles. The second kappa shape index (κ2) is 6.73. The summed E-state index contributed by atoms with van der Waals surface area (Å²) in [6, 6.07) is 3.61. The highest BCUT2D eigenvalue weighted by molar-refractivity contribution is 7.17. The third-order valence-electron chi connectivity index (χ3n) is 4.97. The summed E-state index contributed by atoms with van der Waals surface area (Å²) in [5.74, 6) is 1.32. The molecule has 4 rings (SSSR count). The van der Waals surface area contributed by atoms with Crippen LogP contribution in [0.5, 0.6) is 5.88 Å². The number of rotatable bonds is 4. The van der Waals surface area contributed by atoms with Gasteiger partial charge in [0, 0.05) is 12.8 Å². The number of carbonyl (C=O) groups excluding carboxylic acids is 1. The van der Waals surface area contributed by atoms with Gasteiger partial charge in [0.25, 0.3) is 0 Å². The third-order valence-corrected chi connectivity index (χ3v) is 6.05. The van der Waals surface area contributed by atoms with E-state index in [0.717, 1.165) is 36.6 Å². The number of quaternary nitrogens is 1. The molecule has 26 heavy (non-hydrogen) atoms. The lowest BCUT2D eigenvalue weighted by Crippen LogP contribution is -3.13. The van der Waals surface area contributed by atoms with Gasteiger partial charge in [-0.25, -0.2) is 4.98 Å². The van der Waals surface area contributed by atoms with Crippen molar-refractivity contribution in [2.75, 3.05) is 20.2 Å². The van der Waals surface area contributed by atoms with Crippen molar-refractivity contribution in [3.8, 4) is 5.88 Å². The van der Waals surface area contributed by atoms with Gasteiger partial charge in [0.2, 0.25) is 10.8 Å². The molecule has 1 saturated heterocycles. The molecular weight excluding hydrogens is 356 g/mol. The highest BCUT2D eigenvalue weighted by Crippen LogP contribution is 2.35. The Morgan fingerprint density at radius 3 is 2.88 bits per heavy atom. The molecule has 3 aromatic heterocycles. The number of aromatic hydroxyl groups is 1. The van der Waals surface area contributed by atoms with Crippen LogP contribution in [-0.2, 0) is 9.53 Å². The van der Waals surface area contributed by atoms with Gasteiger partial charge in [0.1, 0.15) is 10.7 Å². The number of piperidine rings is 1. The van der Waals surface area contributed by atoms with Crippen molar-refractivity contribution >= 4 is 22.3 Å². The van der Waals surface area contributed by atoms with E-state index in [1.807, 2.05) is 12.1 Å². The molecule has 0 amide bonds. The number of aromatic nitrogens is 3. The fourth-order valence-corrected chi connectivity index (χ4v) is 4.85. The lowest BCUT2D eigenvalue weighted by atomic mass is 9.95. The predicted octanol–water partition coefficient (Wildman–Crippen LogP) is 0.955. The van der Waals surface area contributed by atoms with Gasteiger partial charge in [0.05, 0.1) is 32.4 Å². The van der Waals surface area contributed by atoms with Crippen molar-refractivity contribution in [2.24, 2.45) is 5.92 Å². The Kier molecular flexibility index (Phi) is 4.41. The average molecular weight is 377 g/mol. The molecule has 0 unspecified atom stereocenters. The summed E-state index contributed by atoms with van der Waals surface area (Å²) in [7, 11) is 1.43. The number of furan rings is 1. The fourth-order valence-electron chi connectivity index (χ4n) is 3.69. The topological polar surface area (TPSA) is 94.3 Å². The van der Waals surface area contributed by atoms with E-state index < -0.39 is 0 Å². The number of hydrogen-bond acceptors (Lipinski definition) is 7. The number of aryl methyl sites for hydroxylation is 1. The summed E-state index contributed by atoms with van der Waals surface area (Å²) < 4.78 is 12.0. The van der Waals surface area contributed by atoms with E-state index >= 15 is 0 Å². The van der Waals surface area contributed by atoms with Crippen LogP contribution < -0.4 is 4.90 Å². The molecule has 0 spiro atoms. The molecule has 0 saturated carbocycles. The van der Waals surface area contributed by atoms with Gasteiger partial charge in [-0.1, -0.05) is 11.3 Å². The van der Waals surface area contributed by atoms with E-state index in [9.17, 15) is 9.90 Å². The smallest absolute Gasteiger partial charge is 0.309 e. The van der Waals surface area contributed by atoms with Crippen molar-refractivity contribution in [1.29, 1.82) is 0 Å². The van der Waals surface area contributed by atoms with Crippen LogP contribution in [-0.4, -0.2) is 45.9 Å². The summed E-state index contributed by atoms with van der Waals surface area (Å²) in [5.41, 5.74) is 0. The van der Waals surface area contributed by atoms with E-state index in [2.05, 4.69) is 10.1 Å². The zero-order chi connectivity index (χ0) is 18.3. The summed E-state index contributed by atoms with van der Waals surface area (Å²) in [6.07, 6.45) is 3.14. The number of esters is 1. The largest absolute Gasteiger partial charge is 0.492 e. The molecule has 4 heterocycles. The molecule has 0 bridgehead atoms. The first kappa shape index (κ1) is 17.0. The maximum Gasteiger partial charge on any atom is 0.309 e.